The molecular formula is C12H8BrF3N2. The van der Waals surface area contributed by atoms with Crippen LogP contribution in [0.1, 0.15) is 5.56 Å². The highest BCUT2D eigenvalue weighted by Gasteiger charge is 2.11. The van der Waals surface area contributed by atoms with E-state index in [1.165, 1.54) is 0 Å². The molecule has 94 valence electrons. The number of benzene rings is 1. The van der Waals surface area contributed by atoms with E-state index >= 15 is 0 Å². The van der Waals surface area contributed by atoms with Gasteiger partial charge in [0.15, 0.2) is 17.5 Å². The van der Waals surface area contributed by atoms with Crippen LogP contribution in [0.2, 0.25) is 0 Å². The van der Waals surface area contributed by atoms with Gasteiger partial charge >= 0.3 is 0 Å². The van der Waals surface area contributed by atoms with Gasteiger partial charge in [-0.1, -0.05) is 28.1 Å². The minimum absolute atomic E-state index is 0.266. The van der Waals surface area contributed by atoms with Crippen LogP contribution in [0.15, 0.2) is 34.8 Å². The third kappa shape index (κ3) is 3.01. The molecule has 0 unspecified atom stereocenters. The van der Waals surface area contributed by atoms with Crippen LogP contribution in [-0.2, 0) is 6.54 Å². The summed E-state index contributed by atoms with van der Waals surface area (Å²) in [5.74, 6) is -3.86. The standard InChI is InChI=1S/C12H8BrF3N2/c13-8-3-1-7(2-4-8)6-17-12-10(15)5-9(14)11(16)18-12/h1-5H,6H2,(H,17,18). The Morgan fingerprint density at radius 3 is 2.39 bits per heavy atom. The molecular weight excluding hydrogens is 309 g/mol. The van der Waals surface area contributed by atoms with E-state index in [-0.39, 0.29) is 12.4 Å². The Hall–Kier alpha value is -1.56. The Morgan fingerprint density at radius 1 is 1.06 bits per heavy atom. The van der Waals surface area contributed by atoms with Crippen LogP contribution in [0.5, 0.6) is 0 Å². The quantitative estimate of drug-likeness (QED) is 0.869. The third-order valence-corrected chi connectivity index (χ3v) is 2.79. The fourth-order valence-electron chi connectivity index (χ4n) is 1.36. The van der Waals surface area contributed by atoms with Gasteiger partial charge in [-0.05, 0) is 17.7 Å². The number of anilines is 1. The Bertz CT molecular complexity index is 558. The number of hydrogen-bond acceptors (Lipinski definition) is 2. The van der Waals surface area contributed by atoms with Crippen molar-refractivity contribution in [1.29, 1.82) is 0 Å². The van der Waals surface area contributed by atoms with E-state index < -0.39 is 17.6 Å². The molecule has 1 aromatic heterocycles. The summed E-state index contributed by atoms with van der Waals surface area (Å²) in [6, 6.07) is 7.74. The molecule has 0 amide bonds. The molecule has 0 aliphatic heterocycles. The zero-order chi connectivity index (χ0) is 13.1. The molecule has 0 spiro atoms. The van der Waals surface area contributed by atoms with Gasteiger partial charge in [0.25, 0.3) is 5.95 Å². The van der Waals surface area contributed by atoms with E-state index in [1.807, 2.05) is 24.3 Å². The lowest BCUT2D eigenvalue weighted by Gasteiger charge is -2.07. The number of halogens is 4. The predicted molar refractivity (Wildman–Crippen MR) is 65.6 cm³/mol. The molecule has 2 rings (SSSR count). The lowest BCUT2D eigenvalue weighted by molar-refractivity contribution is 0.466. The van der Waals surface area contributed by atoms with Gasteiger partial charge in [0.05, 0.1) is 0 Å². The van der Waals surface area contributed by atoms with Crippen molar-refractivity contribution >= 4 is 21.7 Å². The van der Waals surface area contributed by atoms with Crippen molar-refractivity contribution in [3.05, 3.63) is 58.0 Å². The zero-order valence-corrected chi connectivity index (χ0v) is 10.6. The van der Waals surface area contributed by atoms with Crippen molar-refractivity contribution in [2.24, 2.45) is 0 Å². The second kappa shape index (κ2) is 5.39. The summed E-state index contributed by atoms with van der Waals surface area (Å²) in [5, 5.41) is 2.61. The predicted octanol–water partition coefficient (Wildman–Crippen LogP) is 3.87. The second-order valence-electron chi connectivity index (χ2n) is 3.57. The molecule has 2 aromatic rings. The number of nitrogens with one attached hydrogen (secondary N) is 1. The topological polar surface area (TPSA) is 24.9 Å². The molecule has 0 atom stereocenters. The summed E-state index contributed by atoms with van der Waals surface area (Å²) in [6.45, 7) is 0.266. The highest BCUT2D eigenvalue weighted by Crippen LogP contribution is 2.16. The van der Waals surface area contributed by atoms with Gasteiger partial charge in [0, 0.05) is 17.1 Å². The molecule has 1 aromatic carbocycles. The van der Waals surface area contributed by atoms with Crippen molar-refractivity contribution in [2.75, 3.05) is 5.32 Å². The normalized spacial score (nSPS) is 10.4. The van der Waals surface area contributed by atoms with Crippen molar-refractivity contribution in [2.45, 2.75) is 6.54 Å². The Labute approximate surface area is 110 Å². The zero-order valence-electron chi connectivity index (χ0n) is 9.05. The maximum absolute atomic E-state index is 13.3. The minimum Gasteiger partial charge on any atom is -0.363 e. The molecule has 18 heavy (non-hydrogen) atoms. The lowest BCUT2D eigenvalue weighted by Crippen LogP contribution is -2.06. The van der Waals surface area contributed by atoms with E-state index in [0.717, 1.165) is 10.0 Å². The molecule has 6 heteroatoms. The first-order chi connectivity index (χ1) is 8.56. The SMILES string of the molecule is Fc1cc(F)c(NCc2ccc(Br)cc2)nc1F. The fourth-order valence-corrected chi connectivity index (χ4v) is 1.62. The van der Waals surface area contributed by atoms with E-state index in [2.05, 4.69) is 26.2 Å². The number of rotatable bonds is 3. The smallest absolute Gasteiger partial charge is 0.251 e. The third-order valence-electron chi connectivity index (χ3n) is 2.26. The summed E-state index contributed by atoms with van der Waals surface area (Å²) < 4.78 is 39.7. The molecule has 0 bridgehead atoms. The maximum atomic E-state index is 13.3. The van der Waals surface area contributed by atoms with Gasteiger partial charge in [-0.15, -0.1) is 0 Å². The van der Waals surface area contributed by atoms with Crippen molar-refractivity contribution in [1.82, 2.24) is 4.98 Å². The van der Waals surface area contributed by atoms with Crippen LogP contribution in [0, 0.1) is 17.6 Å². The fraction of sp³-hybridized carbons (Fsp3) is 0.0833. The molecule has 0 fully saturated rings. The molecule has 1 heterocycles. The highest BCUT2D eigenvalue weighted by molar-refractivity contribution is 9.10. The Morgan fingerprint density at radius 2 is 1.72 bits per heavy atom. The van der Waals surface area contributed by atoms with Crippen molar-refractivity contribution in [3.8, 4) is 0 Å². The van der Waals surface area contributed by atoms with Crippen LogP contribution in [-0.4, -0.2) is 4.98 Å². The molecule has 0 aliphatic carbocycles. The van der Waals surface area contributed by atoms with E-state index in [9.17, 15) is 13.2 Å². The van der Waals surface area contributed by atoms with Gasteiger partial charge in [0.2, 0.25) is 0 Å². The summed E-state index contributed by atoms with van der Waals surface area (Å²) in [6.07, 6.45) is 0. The van der Waals surface area contributed by atoms with Gasteiger partial charge in [0.1, 0.15) is 0 Å². The number of nitrogens with zero attached hydrogens (tertiary/aromatic N) is 1. The first kappa shape index (κ1) is 12.9. The summed E-state index contributed by atoms with van der Waals surface area (Å²) in [5.41, 5.74) is 0.865. The lowest BCUT2D eigenvalue weighted by atomic mass is 10.2. The number of hydrogen-bond donors (Lipinski definition) is 1. The van der Waals surface area contributed by atoms with E-state index in [1.54, 1.807) is 0 Å². The Kier molecular flexibility index (Phi) is 3.86. The molecule has 1 N–H and O–H groups in total. The largest absolute Gasteiger partial charge is 0.363 e. The average molecular weight is 317 g/mol. The minimum atomic E-state index is -1.32. The summed E-state index contributed by atoms with van der Waals surface area (Å²) in [4.78, 5) is 3.17. The van der Waals surface area contributed by atoms with Crippen molar-refractivity contribution in [3.63, 3.8) is 0 Å². The summed E-state index contributed by atoms with van der Waals surface area (Å²) >= 11 is 3.29. The first-order valence-corrected chi connectivity index (χ1v) is 5.85. The van der Waals surface area contributed by atoms with Crippen LogP contribution >= 0.6 is 15.9 Å². The van der Waals surface area contributed by atoms with Gasteiger partial charge in [-0.2, -0.15) is 9.37 Å². The Balaban J connectivity index is 2.10. The number of pyridine rings is 1. The van der Waals surface area contributed by atoms with E-state index in [4.69, 9.17) is 0 Å². The molecule has 0 radical (unpaired) electrons. The monoisotopic (exact) mass is 316 g/mol. The van der Waals surface area contributed by atoms with Gasteiger partial charge in [-0.3, -0.25) is 0 Å². The molecule has 2 nitrogen and oxygen atoms in total. The molecule has 0 aliphatic rings. The molecule has 0 saturated heterocycles. The maximum Gasteiger partial charge on any atom is 0.251 e. The second-order valence-corrected chi connectivity index (χ2v) is 4.49. The number of aromatic nitrogens is 1. The van der Waals surface area contributed by atoms with Gasteiger partial charge < -0.3 is 5.32 Å². The van der Waals surface area contributed by atoms with Crippen LogP contribution in [0.25, 0.3) is 0 Å². The van der Waals surface area contributed by atoms with Crippen LogP contribution in [0.4, 0.5) is 19.0 Å². The van der Waals surface area contributed by atoms with Gasteiger partial charge in [-0.25, -0.2) is 8.78 Å². The highest BCUT2D eigenvalue weighted by atomic mass is 79.9. The summed E-state index contributed by atoms with van der Waals surface area (Å²) in [7, 11) is 0. The van der Waals surface area contributed by atoms with Crippen LogP contribution in [0.3, 0.4) is 0 Å². The van der Waals surface area contributed by atoms with E-state index in [0.29, 0.717) is 6.07 Å². The first-order valence-electron chi connectivity index (χ1n) is 5.06. The van der Waals surface area contributed by atoms with Crippen LogP contribution < -0.4 is 5.32 Å². The van der Waals surface area contributed by atoms with Crippen molar-refractivity contribution < 1.29 is 13.2 Å². The average Bonchev–Trinajstić information content (AvgIpc) is 2.34. The molecule has 0 saturated carbocycles.